The lowest BCUT2D eigenvalue weighted by Crippen LogP contribution is -2.45. The SMILES string of the molecule is CN=C(NCCN(C)Cc1ccccc1)NCCN1C(=O)C2C3C=CC(C3)C2C1=O.I. The van der Waals surface area contributed by atoms with Crippen molar-refractivity contribution in [2.45, 2.75) is 13.0 Å². The second-order valence-electron chi connectivity index (χ2n) is 8.48. The maximum absolute atomic E-state index is 12.7. The van der Waals surface area contributed by atoms with E-state index in [1.807, 2.05) is 6.07 Å². The summed E-state index contributed by atoms with van der Waals surface area (Å²) in [6.07, 6.45) is 5.22. The standard InChI is InChI=1S/C23H31N5O2.HI/c1-24-23(25-10-12-27(2)15-16-6-4-3-5-7-16)26-11-13-28-21(29)19-17-8-9-18(14-17)20(19)22(28)30;/h3-9,17-20H,10-15H2,1-2H3,(H2,24,25,26);1H. The molecule has 0 aromatic heterocycles. The summed E-state index contributed by atoms with van der Waals surface area (Å²) in [6, 6.07) is 10.4. The summed E-state index contributed by atoms with van der Waals surface area (Å²) in [5.74, 6) is 0.982. The smallest absolute Gasteiger partial charge is 0.233 e. The normalized spacial score (nSPS) is 26.4. The minimum Gasteiger partial charge on any atom is -0.355 e. The van der Waals surface area contributed by atoms with Crippen LogP contribution in [0.1, 0.15) is 12.0 Å². The number of carbonyl (C=O) groups excluding carboxylic acids is 2. The number of nitrogens with one attached hydrogen (secondary N) is 2. The zero-order valence-electron chi connectivity index (χ0n) is 18.2. The molecule has 2 aliphatic carbocycles. The fraction of sp³-hybridized carbons (Fsp3) is 0.522. The first kappa shape index (κ1) is 23.7. The predicted octanol–water partition coefficient (Wildman–Crippen LogP) is 1.71. The Morgan fingerprint density at radius 3 is 2.29 bits per heavy atom. The molecule has 2 amide bonds. The lowest BCUT2D eigenvalue weighted by Gasteiger charge is -2.20. The van der Waals surface area contributed by atoms with Crippen LogP contribution in [-0.4, -0.2) is 67.8 Å². The highest BCUT2D eigenvalue weighted by Gasteiger charge is 2.58. The first-order valence-corrected chi connectivity index (χ1v) is 10.8. The van der Waals surface area contributed by atoms with E-state index in [1.54, 1.807) is 7.05 Å². The minimum atomic E-state index is -0.120. The van der Waals surface area contributed by atoms with Crippen LogP contribution in [0.2, 0.25) is 0 Å². The Hall–Kier alpha value is -1.94. The van der Waals surface area contributed by atoms with E-state index in [2.05, 4.69) is 64.0 Å². The summed E-state index contributed by atoms with van der Waals surface area (Å²) in [5, 5.41) is 6.52. The monoisotopic (exact) mass is 537 g/mol. The molecular formula is C23H32IN5O2. The molecule has 0 radical (unpaired) electrons. The Kier molecular flexibility index (Phi) is 8.10. The van der Waals surface area contributed by atoms with Gasteiger partial charge in [-0.3, -0.25) is 19.5 Å². The van der Waals surface area contributed by atoms with E-state index in [4.69, 9.17) is 0 Å². The van der Waals surface area contributed by atoms with Crippen molar-refractivity contribution >= 4 is 41.8 Å². The molecule has 1 saturated heterocycles. The van der Waals surface area contributed by atoms with Gasteiger partial charge in [0.1, 0.15) is 0 Å². The zero-order valence-corrected chi connectivity index (χ0v) is 20.5. The molecule has 1 aromatic rings. The average molecular weight is 537 g/mol. The maximum Gasteiger partial charge on any atom is 0.233 e. The van der Waals surface area contributed by atoms with Gasteiger partial charge in [0.2, 0.25) is 11.8 Å². The number of aliphatic imine (C=N–C) groups is 1. The average Bonchev–Trinajstić information content (AvgIpc) is 3.43. The van der Waals surface area contributed by atoms with Crippen LogP contribution in [0.15, 0.2) is 47.5 Å². The molecule has 4 rings (SSSR count). The van der Waals surface area contributed by atoms with Crippen LogP contribution < -0.4 is 10.6 Å². The molecule has 0 spiro atoms. The van der Waals surface area contributed by atoms with Crippen LogP contribution >= 0.6 is 24.0 Å². The van der Waals surface area contributed by atoms with E-state index in [9.17, 15) is 9.59 Å². The highest BCUT2D eigenvalue weighted by molar-refractivity contribution is 14.0. The van der Waals surface area contributed by atoms with Crippen LogP contribution in [0.5, 0.6) is 0 Å². The number of rotatable bonds is 8. The van der Waals surface area contributed by atoms with Crippen LogP contribution in [-0.2, 0) is 16.1 Å². The molecule has 2 bridgehead atoms. The first-order valence-electron chi connectivity index (χ1n) is 10.8. The third-order valence-corrected chi connectivity index (χ3v) is 6.49. The summed E-state index contributed by atoms with van der Waals surface area (Å²) < 4.78 is 0. The van der Waals surface area contributed by atoms with E-state index in [1.165, 1.54) is 10.5 Å². The predicted molar refractivity (Wildman–Crippen MR) is 132 cm³/mol. The van der Waals surface area contributed by atoms with E-state index >= 15 is 0 Å². The molecule has 4 unspecified atom stereocenters. The second kappa shape index (κ2) is 10.6. The maximum atomic E-state index is 12.7. The van der Waals surface area contributed by atoms with Gasteiger partial charge in [0.15, 0.2) is 5.96 Å². The number of carbonyl (C=O) groups is 2. The molecule has 3 aliphatic rings. The lowest BCUT2D eigenvalue weighted by atomic mass is 9.85. The van der Waals surface area contributed by atoms with Crippen molar-refractivity contribution in [3.8, 4) is 0 Å². The number of amides is 2. The van der Waals surface area contributed by atoms with Crippen LogP contribution in [0.4, 0.5) is 0 Å². The van der Waals surface area contributed by atoms with Crippen molar-refractivity contribution < 1.29 is 9.59 Å². The fourth-order valence-corrected chi connectivity index (χ4v) is 5.03. The Bertz CT molecular complexity index is 814. The molecule has 1 aromatic carbocycles. The molecule has 2 N–H and O–H groups in total. The summed E-state index contributed by atoms with van der Waals surface area (Å²) in [5.41, 5.74) is 1.29. The minimum absolute atomic E-state index is 0. The van der Waals surface area contributed by atoms with Gasteiger partial charge in [0.05, 0.1) is 11.8 Å². The number of allylic oxidation sites excluding steroid dienone is 2. The Labute approximate surface area is 201 Å². The number of benzene rings is 1. The van der Waals surface area contributed by atoms with Gasteiger partial charge in [-0.1, -0.05) is 42.5 Å². The van der Waals surface area contributed by atoms with Gasteiger partial charge >= 0.3 is 0 Å². The van der Waals surface area contributed by atoms with Crippen molar-refractivity contribution in [2.75, 3.05) is 40.3 Å². The van der Waals surface area contributed by atoms with Crippen molar-refractivity contribution in [1.82, 2.24) is 20.4 Å². The van der Waals surface area contributed by atoms with Gasteiger partial charge in [-0.05, 0) is 30.9 Å². The van der Waals surface area contributed by atoms with Crippen LogP contribution in [0.25, 0.3) is 0 Å². The molecule has 7 nitrogen and oxygen atoms in total. The fourth-order valence-electron chi connectivity index (χ4n) is 5.03. The number of hydrogen-bond acceptors (Lipinski definition) is 4. The van der Waals surface area contributed by atoms with Crippen molar-refractivity contribution in [3.63, 3.8) is 0 Å². The lowest BCUT2D eigenvalue weighted by molar-refractivity contribution is -0.140. The molecule has 4 atom stereocenters. The number of hydrogen-bond donors (Lipinski definition) is 2. The molecule has 31 heavy (non-hydrogen) atoms. The second-order valence-corrected chi connectivity index (χ2v) is 8.48. The molecule has 1 saturated carbocycles. The zero-order chi connectivity index (χ0) is 21.1. The summed E-state index contributed by atoms with van der Waals surface area (Å²) >= 11 is 0. The van der Waals surface area contributed by atoms with Crippen LogP contribution in [0, 0.1) is 23.7 Å². The third kappa shape index (κ3) is 5.11. The largest absolute Gasteiger partial charge is 0.355 e. The van der Waals surface area contributed by atoms with Gasteiger partial charge in [-0.15, -0.1) is 24.0 Å². The van der Waals surface area contributed by atoms with Crippen LogP contribution in [0.3, 0.4) is 0 Å². The van der Waals surface area contributed by atoms with Crippen molar-refractivity contribution in [1.29, 1.82) is 0 Å². The molecule has 1 heterocycles. The van der Waals surface area contributed by atoms with E-state index < -0.39 is 0 Å². The number of imide groups is 1. The number of likely N-dealkylation sites (tertiary alicyclic amines) is 1. The van der Waals surface area contributed by atoms with Crippen molar-refractivity contribution in [2.24, 2.45) is 28.7 Å². The third-order valence-electron chi connectivity index (χ3n) is 6.49. The Morgan fingerprint density at radius 2 is 1.68 bits per heavy atom. The number of likely N-dealkylation sites (N-methyl/N-ethyl adjacent to an activating group) is 1. The summed E-state index contributed by atoms with van der Waals surface area (Å²) in [6.45, 7) is 3.41. The molecule has 8 heteroatoms. The number of halogens is 1. The van der Waals surface area contributed by atoms with E-state index in [-0.39, 0.29) is 59.5 Å². The number of fused-ring (bicyclic) bond motifs is 5. The van der Waals surface area contributed by atoms with Gasteiger partial charge in [-0.25, -0.2) is 0 Å². The number of guanidine groups is 1. The number of nitrogens with zero attached hydrogens (tertiary/aromatic N) is 3. The first-order chi connectivity index (χ1) is 14.6. The Balaban J connectivity index is 0.00000272. The molecule has 168 valence electrons. The summed E-state index contributed by atoms with van der Waals surface area (Å²) in [7, 11) is 3.82. The molecule has 1 aliphatic heterocycles. The molecular weight excluding hydrogens is 505 g/mol. The summed E-state index contributed by atoms with van der Waals surface area (Å²) in [4.78, 5) is 33.4. The van der Waals surface area contributed by atoms with Gasteiger partial charge in [-0.2, -0.15) is 0 Å². The van der Waals surface area contributed by atoms with E-state index in [0.29, 0.717) is 19.0 Å². The van der Waals surface area contributed by atoms with E-state index in [0.717, 1.165) is 26.1 Å². The van der Waals surface area contributed by atoms with Gasteiger partial charge < -0.3 is 15.5 Å². The molecule has 2 fully saturated rings. The Morgan fingerprint density at radius 1 is 1.06 bits per heavy atom. The topological polar surface area (TPSA) is 77.0 Å². The highest BCUT2D eigenvalue weighted by Crippen LogP contribution is 2.52. The highest BCUT2D eigenvalue weighted by atomic mass is 127. The van der Waals surface area contributed by atoms with Gasteiger partial charge in [0.25, 0.3) is 0 Å². The van der Waals surface area contributed by atoms with Gasteiger partial charge in [0, 0.05) is 39.8 Å². The quantitative estimate of drug-likeness (QED) is 0.174. The van der Waals surface area contributed by atoms with Crippen molar-refractivity contribution in [3.05, 3.63) is 48.0 Å².